The van der Waals surface area contributed by atoms with Crippen molar-refractivity contribution in [3.63, 3.8) is 0 Å². The molecule has 5 nitrogen and oxygen atoms in total. The lowest BCUT2D eigenvalue weighted by atomic mass is 10.1. The summed E-state index contributed by atoms with van der Waals surface area (Å²) in [5.74, 6) is 3.22. The van der Waals surface area contributed by atoms with Crippen molar-refractivity contribution in [2.45, 2.75) is 65.0 Å². The molecule has 1 N–H and O–H groups in total. The van der Waals surface area contributed by atoms with Gasteiger partial charge in [-0.05, 0) is 74.9 Å². The fraction of sp³-hybridized carbons (Fsp3) is 0.435. The maximum absolute atomic E-state index is 5.95. The third kappa shape index (κ3) is 4.78. The number of hydrogen-bond donors (Lipinski definition) is 1. The van der Waals surface area contributed by atoms with Gasteiger partial charge in [-0.15, -0.1) is 0 Å². The molecule has 0 fully saturated rings. The summed E-state index contributed by atoms with van der Waals surface area (Å²) in [5, 5.41) is 4.18. The lowest BCUT2D eigenvalue weighted by molar-refractivity contribution is 0.295. The van der Waals surface area contributed by atoms with E-state index in [1.54, 1.807) is 0 Å². The first kappa shape index (κ1) is 19.9. The van der Waals surface area contributed by atoms with Crippen LogP contribution >= 0.6 is 11.6 Å². The van der Waals surface area contributed by atoms with Crippen molar-refractivity contribution in [1.29, 1.82) is 0 Å². The van der Waals surface area contributed by atoms with Crippen molar-refractivity contribution in [3.8, 4) is 5.75 Å². The molecule has 0 amide bonds. The first-order valence-corrected chi connectivity index (χ1v) is 10.8. The summed E-state index contributed by atoms with van der Waals surface area (Å²) in [6, 6.07) is 7.62. The number of halogens is 1. The minimum absolute atomic E-state index is 0.269. The highest BCUT2D eigenvalue weighted by molar-refractivity contribution is 6.30. The van der Waals surface area contributed by atoms with Crippen molar-refractivity contribution in [2.75, 3.05) is 5.32 Å². The van der Waals surface area contributed by atoms with Gasteiger partial charge in [0.15, 0.2) is 5.82 Å². The van der Waals surface area contributed by atoms with Crippen molar-refractivity contribution in [2.24, 2.45) is 4.99 Å². The normalized spacial score (nSPS) is 18.5. The molecule has 152 valence electrons. The second-order valence-corrected chi connectivity index (χ2v) is 8.11. The van der Waals surface area contributed by atoms with Crippen molar-refractivity contribution < 1.29 is 4.74 Å². The molecule has 29 heavy (non-hydrogen) atoms. The summed E-state index contributed by atoms with van der Waals surface area (Å²) in [4.78, 5) is 14.4. The summed E-state index contributed by atoms with van der Waals surface area (Å²) in [6.07, 6.45) is 8.69. The highest BCUT2D eigenvalue weighted by atomic mass is 35.5. The largest absolute Gasteiger partial charge is 0.486 e. The standard InChI is InChI=1S/C23H27ClN4O/c1-3-19-15(2)13-21(25-19)27-23-18-7-5-4-6-8-20(18)26-22(28-23)14-29-17-11-9-16(24)10-12-17/h9-13,19H,3-8,14H2,1-2H3,(H,25,26,27,28)/t19-/m0/s1. The number of nitrogens with zero attached hydrogens (tertiary/aromatic N) is 3. The Morgan fingerprint density at radius 2 is 1.90 bits per heavy atom. The van der Waals surface area contributed by atoms with E-state index >= 15 is 0 Å². The van der Waals surface area contributed by atoms with Gasteiger partial charge < -0.3 is 10.1 Å². The molecule has 4 rings (SSSR count). The van der Waals surface area contributed by atoms with Gasteiger partial charge in [0.1, 0.15) is 24.0 Å². The Morgan fingerprint density at radius 1 is 1.10 bits per heavy atom. The van der Waals surface area contributed by atoms with Crippen LogP contribution in [-0.2, 0) is 19.4 Å². The van der Waals surface area contributed by atoms with Crippen molar-refractivity contribution >= 4 is 23.3 Å². The van der Waals surface area contributed by atoms with Crippen LogP contribution < -0.4 is 10.1 Å². The van der Waals surface area contributed by atoms with Crippen LogP contribution in [0.3, 0.4) is 0 Å². The Labute approximate surface area is 177 Å². The summed E-state index contributed by atoms with van der Waals surface area (Å²) in [7, 11) is 0. The molecule has 0 bridgehead atoms. The SMILES string of the molecule is CC[C@@H]1N=C(Nc2nc(COc3ccc(Cl)cc3)nc3c2CCCCC3)C=C1C. The average Bonchev–Trinajstić information content (AvgIpc) is 2.91. The number of benzene rings is 1. The molecule has 2 aromatic rings. The van der Waals surface area contributed by atoms with Gasteiger partial charge in [-0.25, -0.2) is 9.97 Å². The molecule has 0 saturated heterocycles. The zero-order valence-corrected chi connectivity index (χ0v) is 17.8. The number of aliphatic imine (C=N–C) groups is 1. The molecule has 1 atom stereocenters. The topological polar surface area (TPSA) is 59.4 Å². The van der Waals surface area contributed by atoms with Gasteiger partial charge >= 0.3 is 0 Å². The smallest absolute Gasteiger partial charge is 0.168 e. The minimum Gasteiger partial charge on any atom is -0.486 e. The molecular weight excluding hydrogens is 384 g/mol. The van der Waals surface area contributed by atoms with Crippen molar-refractivity contribution in [1.82, 2.24) is 9.97 Å². The molecule has 2 heterocycles. The number of hydrogen-bond acceptors (Lipinski definition) is 5. The van der Waals surface area contributed by atoms with E-state index in [9.17, 15) is 0 Å². The van der Waals surface area contributed by atoms with Gasteiger partial charge in [0.25, 0.3) is 0 Å². The molecule has 0 unspecified atom stereocenters. The van der Waals surface area contributed by atoms with Gasteiger partial charge in [0, 0.05) is 16.3 Å². The molecule has 0 spiro atoms. The monoisotopic (exact) mass is 410 g/mol. The average molecular weight is 411 g/mol. The number of fused-ring (bicyclic) bond motifs is 1. The fourth-order valence-electron chi connectivity index (χ4n) is 3.89. The van der Waals surface area contributed by atoms with Crippen LogP contribution in [0.15, 0.2) is 40.9 Å². The second kappa shape index (κ2) is 8.95. The molecule has 1 aliphatic heterocycles. The maximum atomic E-state index is 5.95. The van der Waals surface area contributed by atoms with E-state index in [2.05, 4.69) is 25.2 Å². The molecular formula is C23H27ClN4O. The number of aromatic nitrogens is 2. The number of nitrogens with one attached hydrogen (secondary N) is 1. The zero-order valence-electron chi connectivity index (χ0n) is 17.0. The quantitative estimate of drug-likeness (QED) is 0.658. The number of rotatable bonds is 5. The predicted molar refractivity (Wildman–Crippen MR) is 118 cm³/mol. The summed E-state index contributed by atoms with van der Waals surface area (Å²) in [5.41, 5.74) is 3.66. The summed E-state index contributed by atoms with van der Waals surface area (Å²) >= 11 is 5.95. The maximum Gasteiger partial charge on any atom is 0.168 e. The summed E-state index contributed by atoms with van der Waals surface area (Å²) < 4.78 is 5.89. The number of ether oxygens (including phenoxy) is 1. The van der Waals surface area contributed by atoms with Gasteiger partial charge in [-0.1, -0.05) is 24.9 Å². The molecule has 6 heteroatoms. The Hall–Kier alpha value is -2.40. The van der Waals surface area contributed by atoms with Crippen molar-refractivity contribution in [3.05, 3.63) is 58.0 Å². The second-order valence-electron chi connectivity index (χ2n) is 7.67. The van der Waals surface area contributed by atoms with Gasteiger partial charge in [-0.3, -0.25) is 4.99 Å². The summed E-state index contributed by atoms with van der Waals surface area (Å²) in [6.45, 7) is 4.62. The van der Waals surface area contributed by atoms with E-state index in [0.29, 0.717) is 17.5 Å². The van der Waals surface area contributed by atoms with E-state index < -0.39 is 0 Å². The first-order valence-electron chi connectivity index (χ1n) is 10.4. The predicted octanol–water partition coefficient (Wildman–Crippen LogP) is 5.53. The Bertz CT molecular complexity index is 937. The van der Waals surface area contributed by atoms with Gasteiger partial charge in [0.2, 0.25) is 0 Å². The molecule has 1 aromatic carbocycles. The highest BCUT2D eigenvalue weighted by Crippen LogP contribution is 2.27. The number of anilines is 1. The number of amidine groups is 1. The number of aryl methyl sites for hydroxylation is 1. The van der Waals surface area contributed by atoms with Crippen LogP contribution in [0, 0.1) is 0 Å². The lowest BCUT2D eigenvalue weighted by Gasteiger charge is -2.15. The Balaban J connectivity index is 1.59. The molecule has 1 aromatic heterocycles. The lowest BCUT2D eigenvalue weighted by Crippen LogP contribution is -2.16. The fourth-order valence-corrected chi connectivity index (χ4v) is 4.02. The molecule has 0 saturated carbocycles. The van der Waals surface area contributed by atoms with Crippen LogP contribution in [-0.4, -0.2) is 21.8 Å². The molecule has 1 aliphatic carbocycles. The third-order valence-corrected chi connectivity index (χ3v) is 5.73. The highest BCUT2D eigenvalue weighted by Gasteiger charge is 2.20. The van der Waals surface area contributed by atoms with Crippen LogP contribution in [0.2, 0.25) is 5.02 Å². The van der Waals surface area contributed by atoms with E-state index in [1.807, 2.05) is 24.3 Å². The minimum atomic E-state index is 0.269. The molecule has 2 aliphatic rings. The van der Waals surface area contributed by atoms with Crippen LogP contribution in [0.4, 0.5) is 5.82 Å². The first-order chi connectivity index (χ1) is 14.1. The Kier molecular flexibility index (Phi) is 6.14. The third-order valence-electron chi connectivity index (χ3n) is 5.48. The zero-order chi connectivity index (χ0) is 20.2. The van der Waals surface area contributed by atoms with E-state index in [-0.39, 0.29) is 6.04 Å². The van der Waals surface area contributed by atoms with E-state index in [1.165, 1.54) is 30.4 Å². The van der Waals surface area contributed by atoms with E-state index in [4.69, 9.17) is 31.3 Å². The van der Waals surface area contributed by atoms with Crippen LogP contribution in [0.5, 0.6) is 5.75 Å². The molecule has 0 radical (unpaired) electrons. The van der Waals surface area contributed by atoms with Crippen LogP contribution in [0.25, 0.3) is 0 Å². The Morgan fingerprint density at radius 3 is 2.66 bits per heavy atom. The van der Waals surface area contributed by atoms with Gasteiger partial charge in [-0.2, -0.15) is 0 Å². The van der Waals surface area contributed by atoms with E-state index in [0.717, 1.165) is 42.4 Å². The van der Waals surface area contributed by atoms with Crippen LogP contribution in [0.1, 0.15) is 56.6 Å². The van der Waals surface area contributed by atoms with Gasteiger partial charge in [0.05, 0.1) is 6.04 Å².